The van der Waals surface area contributed by atoms with Gasteiger partial charge in [0, 0.05) is 36.2 Å². The van der Waals surface area contributed by atoms with Crippen LogP contribution in [0.2, 0.25) is 0 Å². The molecule has 0 saturated heterocycles. The molecular formula is C18H18N4OS. The van der Waals surface area contributed by atoms with Gasteiger partial charge in [-0.3, -0.25) is 4.79 Å². The van der Waals surface area contributed by atoms with E-state index in [1.165, 1.54) is 11.8 Å². The highest BCUT2D eigenvalue weighted by Crippen LogP contribution is 2.39. The Balaban J connectivity index is 1.85. The van der Waals surface area contributed by atoms with E-state index in [1.54, 1.807) is 19.4 Å². The molecule has 0 bridgehead atoms. The number of allylic oxidation sites excluding steroid dienone is 2. The number of nitrogens with zero attached hydrogens (tertiary/aromatic N) is 4. The molecule has 24 heavy (non-hydrogen) atoms. The Morgan fingerprint density at radius 2 is 2.08 bits per heavy atom. The van der Waals surface area contributed by atoms with Crippen molar-refractivity contribution in [2.75, 3.05) is 6.54 Å². The van der Waals surface area contributed by atoms with Gasteiger partial charge in [-0.1, -0.05) is 11.8 Å². The zero-order valence-electron chi connectivity index (χ0n) is 13.9. The summed E-state index contributed by atoms with van der Waals surface area (Å²) in [4.78, 5) is 23.0. The molecule has 6 heteroatoms. The molecule has 0 spiro atoms. The number of carbonyl (C=O) groups excluding carboxylic acids is 1. The van der Waals surface area contributed by atoms with E-state index >= 15 is 0 Å². The van der Waals surface area contributed by atoms with Gasteiger partial charge in [0.05, 0.1) is 16.9 Å². The van der Waals surface area contributed by atoms with Gasteiger partial charge in [0.25, 0.3) is 0 Å². The van der Waals surface area contributed by atoms with E-state index in [-0.39, 0.29) is 5.78 Å². The normalized spacial score (nSPS) is 14.1. The third kappa shape index (κ3) is 3.20. The summed E-state index contributed by atoms with van der Waals surface area (Å²) < 4.78 is 1.93. The SMILES string of the molecule is CCN1C(=C=Nc2ccc(-n3ccnc3)cc2)SC(C(C)=O)=C1C. The van der Waals surface area contributed by atoms with Crippen molar-refractivity contribution in [2.24, 2.45) is 4.99 Å². The van der Waals surface area contributed by atoms with Gasteiger partial charge in [-0.2, -0.15) is 0 Å². The van der Waals surface area contributed by atoms with Gasteiger partial charge in [-0.05, 0) is 45.0 Å². The number of imidazole rings is 1. The van der Waals surface area contributed by atoms with E-state index < -0.39 is 0 Å². The Bertz CT molecular complexity index is 844. The van der Waals surface area contributed by atoms with Gasteiger partial charge in [0.15, 0.2) is 5.78 Å². The molecule has 0 unspecified atom stereocenters. The molecule has 1 aromatic carbocycles. The number of ketones is 1. The molecule has 1 aliphatic rings. The molecule has 122 valence electrons. The molecule has 0 saturated carbocycles. The summed E-state index contributed by atoms with van der Waals surface area (Å²) in [5.74, 6) is 3.17. The highest BCUT2D eigenvalue weighted by Gasteiger charge is 2.26. The van der Waals surface area contributed by atoms with E-state index in [9.17, 15) is 4.79 Å². The van der Waals surface area contributed by atoms with Gasteiger partial charge in [0.2, 0.25) is 0 Å². The summed E-state index contributed by atoms with van der Waals surface area (Å²) in [7, 11) is 0. The predicted octanol–water partition coefficient (Wildman–Crippen LogP) is 3.90. The van der Waals surface area contributed by atoms with Crippen molar-refractivity contribution in [3.05, 3.63) is 58.6 Å². The van der Waals surface area contributed by atoms with Crippen LogP contribution in [0.5, 0.6) is 0 Å². The molecule has 1 aliphatic heterocycles. The zero-order chi connectivity index (χ0) is 17.1. The molecule has 0 radical (unpaired) electrons. The maximum atomic E-state index is 11.7. The maximum absolute atomic E-state index is 11.7. The lowest BCUT2D eigenvalue weighted by Crippen LogP contribution is -2.15. The number of benzene rings is 1. The average Bonchev–Trinajstić information content (AvgIpc) is 3.21. The van der Waals surface area contributed by atoms with Crippen molar-refractivity contribution in [1.29, 1.82) is 0 Å². The average molecular weight is 338 g/mol. The van der Waals surface area contributed by atoms with Crippen LogP contribution in [-0.2, 0) is 4.79 Å². The summed E-state index contributed by atoms with van der Waals surface area (Å²) in [6, 6.07) is 7.84. The van der Waals surface area contributed by atoms with Crippen LogP contribution in [0.1, 0.15) is 20.8 Å². The fraction of sp³-hybridized carbons (Fsp3) is 0.222. The predicted molar refractivity (Wildman–Crippen MR) is 97.5 cm³/mol. The van der Waals surface area contributed by atoms with Crippen molar-refractivity contribution in [1.82, 2.24) is 14.5 Å². The monoisotopic (exact) mass is 338 g/mol. The lowest BCUT2D eigenvalue weighted by Gasteiger charge is -2.16. The third-order valence-electron chi connectivity index (χ3n) is 3.75. The Labute approximate surface area is 145 Å². The molecule has 2 aromatic rings. The Morgan fingerprint density at radius 1 is 1.33 bits per heavy atom. The molecule has 1 aromatic heterocycles. The maximum Gasteiger partial charge on any atom is 0.168 e. The standard InChI is InChI=1S/C18H18N4OS/c1-4-22-13(2)18(14(3)23)24-17(22)11-20-15-5-7-16(8-6-15)21-10-9-19-12-21/h5-10,12H,4H2,1-3H3. The first kappa shape index (κ1) is 16.3. The van der Waals surface area contributed by atoms with E-state index in [2.05, 4.69) is 27.7 Å². The lowest BCUT2D eigenvalue weighted by atomic mass is 10.3. The van der Waals surface area contributed by atoms with Crippen molar-refractivity contribution >= 4 is 29.1 Å². The van der Waals surface area contributed by atoms with Gasteiger partial charge >= 0.3 is 0 Å². The number of aliphatic imine (C=N–C) groups is 1. The summed E-state index contributed by atoms with van der Waals surface area (Å²) in [6.07, 6.45) is 5.40. The second-order valence-corrected chi connectivity index (χ2v) is 6.33. The second-order valence-electron chi connectivity index (χ2n) is 5.33. The number of hydrogen-bond donors (Lipinski definition) is 0. The fourth-order valence-corrected chi connectivity index (χ4v) is 3.58. The first-order chi connectivity index (χ1) is 11.6. The topological polar surface area (TPSA) is 50.5 Å². The van der Waals surface area contributed by atoms with E-state index in [0.29, 0.717) is 0 Å². The lowest BCUT2D eigenvalue weighted by molar-refractivity contribution is -0.113. The van der Waals surface area contributed by atoms with Crippen LogP contribution in [0, 0.1) is 0 Å². The number of thioether (sulfide) groups is 1. The molecule has 0 fully saturated rings. The summed E-state index contributed by atoms with van der Waals surface area (Å²) >= 11 is 1.44. The number of hydrogen-bond acceptors (Lipinski definition) is 5. The van der Waals surface area contributed by atoms with Crippen LogP contribution >= 0.6 is 11.8 Å². The Hall–Kier alpha value is -2.56. The summed E-state index contributed by atoms with van der Waals surface area (Å²) in [5.41, 5.74) is 2.82. The van der Waals surface area contributed by atoms with Crippen molar-refractivity contribution in [3.8, 4) is 5.69 Å². The van der Waals surface area contributed by atoms with Crippen molar-refractivity contribution in [3.63, 3.8) is 0 Å². The number of Topliss-reactive ketones (excluding diaryl/α,β-unsaturated/α-hetero) is 1. The van der Waals surface area contributed by atoms with Crippen LogP contribution in [0.25, 0.3) is 5.69 Å². The minimum atomic E-state index is 0.0810. The number of carbonyl (C=O) groups is 1. The highest BCUT2D eigenvalue weighted by molar-refractivity contribution is 8.08. The van der Waals surface area contributed by atoms with Crippen LogP contribution in [0.15, 0.2) is 63.6 Å². The molecule has 3 rings (SSSR count). The quantitative estimate of drug-likeness (QED) is 0.793. The summed E-state index contributed by atoms with van der Waals surface area (Å²) in [6.45, 7) is 6.39. The van der Waals surface area contributed by atoms with Gasteiger partial charge in [0.1, 0.15) is 5.03 Å². The highest BCUT2D eigenvalue weighted by atomic mass is 32.2. The summed E-state index contributed by atoms with van der Waals surface area (Å²) in [5, 5.41) is 0.860. The largest absolute Gasteiger partial charge is 0.331 e. The molecule has 0 aliphatic carbocycles. The zero-order valence-corrected chi connectivity index (χ0v) is 14.7. The first-order valence-electron chi connectivity index (χ1n) is 7.69. The first-order valence-corrected chi connectivity index (χ1v) is 8.51. The molecule has 0 N–H and O–H groups in total. The number of aromatic nitrogens is 2. The van der Waals surface area contributed by atoms with Crippen LogP contribution < -0.4 is 0 Å². The van der Waals surface area contributed by atoms with Crippen LogP contribution in [-0.4, -0.2) is 32.6 Å². The molecule has 2 heterocycles. The minimum absolute atomic E-state index is 0.0810. The Morgan fingerprint density at radius 3 is 2.67 bits per heavy atom. The van der Waals surface area contributed by atoms with Crippen molar-refractivity contribution in [2.45, 2.75) is 20.8 Å². The smallest absolute Gasteiger partial charge is 0.168 e. The molecule has 0 atom stereocenters. The molecular weight excluding hydrogens is 320 g/mol. The molecule has 5 nitrogen and oxygen atoms in total. The van der Waals surface area contributed by atoms with E-state index in [1.807, 2.05) is 42.0 Å². The van der Waals surface area contributed by atoms with Gasteiger partial charge < -0.3 is 9.47 Å². The fourth-order valence-electron chi connectivity index (χ4n) is 2.51. The third-order valence-corrected chi connectivity index (χ3v) is 5.04. The van der Waals surface area contributed by atoms with Gasteiger partial charge in [-0.15, -0.1) is 0 Å². The molecule has 0 amide bonds. The number of rotatable bonds is 4. The Kier molecular flexibility index (Phi) is 4.69. The van der Waals surface area contributed by atoms with E-state index in [4.69, 9.17) is 0 Å². The second kappa shape index (κ2) is 6.91. The van der Waals surface area contributed by atoms with Gasteiger partial charge in [-0.25, -0.2) is 9.98 Å². The van der Waals surface area contributed by atoms with Crippen molar-refractivity contribution < 1.29 is 4.79 Å². The minimum Gasteiger partial charge on any atom is -0.331 e. The van der Waals surface area contributed by atoms with Crippen LogP contribution in [0.3, 0.4) is 0 Å². The van der Waals surface area contributed by atoms with E-state index in [0.717, 1.165) is 33.6 Å². The van der Waals surface area contributed by atoms with Crippen LogP contribution in [0.4, 0.5) is 5.69 Å².